The van der Waals surface area contributed by atoms with E-state index in [1.165, 1.54) is 46.5 Å². The topological polar surface area (TPSA) is 506 Å². The maximum absolute atomic E-state index is 12.3. The minimum absolute atomic E-state index is 0.0823. The Morgan fingerprint density at radius 3 is 0.650 bits per heavy atom. The van der Waals surface area contributed by atoms with Crippen LogP contribution in [0.1, 0.15) is 248 Å². The van der Waals surface area contributed by atoms with Crippen LogP contribution in [-0.2, 0) is 24.0 Å². The number of thioether (sulfide) groups is 5. The molecule has 0 aliphatic rings. The lowest BCUT2D eigenvalue weighted by molar-refractivity contribution is -0.120. The normalized spacial score (nSPS) is 11.0. The number of unbranched alkanes of at least 4 members (excludes halogenated alkanes) is 15. The molecular weight excluding hydrogens is 1630 g/mol. The molecule has 660 valence electrons. The van der Waals surface area contributed by atoms with Gasteiger partial charge in [0.25, 0.3) is 55.7 Å². The molecular formula is C85H125N15O15S5. The predicted molar refractivity (Wildman–Crippen MR) is 480 cm³/mol. The Bertz CT molecular complexity index is 4030. The molecule has 0 saturated carbocycles. The fourth-order valence-electron chi connectivity index (χ4n) is 9.93. The molecule has 5 rings (SSSR count). The maximum Gasteiger partial charge on any atom is 0.283 e. The second kappa shape index (κ2) is 66.7. The second-order valence-corrected chi connectivity index (χ2v) is 32.2. The highest BCUT2D eigenvalue weighted by Crippen LogP contribution is 2.28. The van der Waals surface area contributed by atoms with Crippen LogP contribution >= 0.6 is 58.8 Å². The molecule has 0 aliphatic heterocycles. The first kappa shape index (κ1) is 108. The highest BCUT2D eigenvalue weighted by atomic mass is 32.2. The van der Waals surface area contributed by atoms with Crippen molar-refractivity contribution in [2.24, 2.45) is 28.7 Å². The van der Waals surface area contributed by atoms with E-state index in [9.17, 15) is 71.9 Å². The van der Waals surface area contributed by atoms with Crippen LogP contribution in [0.4, 0.5) is 24.0 Å². The number of nitrogens with one attached hydrogen (secondary N) is 10. The molecule has 20 N–H and O–H groups in total. The highest BCUT2D eigenvalue weighted by molar-refractivity contribution is 8.14. The van der Waals surface area contributed by atoms with Gasteiger partial charge >= 0.3 is 0 Å². The third-order valence-corrected chi connectivity index (χ3v) is 21.3. The molecule has 0 unspecified atom stereocenters. The van der Waals surface area contributed by atoms with Crippen molar-refractivity contribution in [1.29, 1.82) is 0 Å². The molecule has 0 spiro atoms. The molecule has 0 saturated heterocycles. The minimum Gasteiger partial charge on any atom is -0.370 e. The summed E-state index contributed by atoms with van der Waals surface area (Å²) in [6.45, 7) is 18.7. The van der Waals surface area contributed by atoms with Crippen molar-refractivity contribution in [2.45, 2.75) is 239 Å². The Balaban J connectivity index is 0.000000750. The van der Waals surface area contributed by atoms with Crippen LogP contribution in [0.3, 0.4) is 0 Å². The summed E-state index contributed by atoms with van der Waals surface area (Å²) < 4.78 is 0. The molecule has 120 heavy (non-hydrogen) atoms. The summed E-state index contributed by atoms with van der Waals surface area (Å²) in [5.41, 5.74) is 27.4. The van der Waals surface area contributed by atoms with E-state index in [0.29, 0.717) is 85.0 Å². The number of carbonyl (C=O) groups excluding carboxylic acids is 15. The third kappa shape index (κ3) is 50.7. The molecule has 0 bridgehead atoms. The quantitative estimate of drug-likeness (QED) is 0.0127. The number of rotatable bonds is 47. The van der Waals surface area contributed by atoms with Gasteiger partial charge in [0, 0.05) is 83.1 Å². The summed E-state index contributed by atoms with van der Waals surface area (Å²) in [5.74, 6) is -4.72. The summed E-state index contributed by atoms with van der Waals surface area (Å²) in [5, 5.41) is 26.0. The Kier molecular flexibility index (Phi) is 60.0. The number of hydrogen-bond acceptors (Lipinski definition) is 20. The van der Waals surface area contributed by atoms with Gasteiger partial charge in [0.15, 0.2) is 0 Å². The Morgan fingerprint density at radius 2 is 0.433 bits per heavy atom. The molecule has 30 nitrogen and oxygen atoms in total. The number of hydrogen-bond donors (Lipinski definition) is 15. The van der Waals surface area contributed by atoms with Gasteiger partial charge in [-0.25, -0.2) is 0 Å². The minimum atomic E-state index is -0.776. The Labute approximate surface area is 727 Å². The zero-order valence-corrected chi connectivity index (χ0v) is 74.4. The number of nitrogens with two attached hydrogens (primary N) is 5. The van der Waals surface area contributed by atoms with E-state index in [2.05, 4.69) is 87.8 Å². The lowest BCUT2D eigenvalue weighted by Gasteiger charge is -2.12. The van der Waals surface area contributed by atoms with Crippen LogP contribution in [0.25, 0.3) is 0 Å². The fraction of sp³-hybridized carbons (Fsp3) is 0.471. The molecule has 0 heterocycles. The van der Waals surface area contributed by atoms with E-state index in [-0.39, 0.29) is 63.9 Å². The lowest BCUT2D eigenvalue weighted by Crippen LogP contribution is -2.42. The molecule has 0 aromatic heterocycles. The van der Waals surface area contributed by atoms with Gasteiger partial charge in [-0.05, 0) is 172 Å². The average Bonchev–Trinajstić information content (AvgIpc) is 0.866. The SMILES string of the molecule is CCCCCCCCNC(=O)Sc1ccccc1C(=O)N[C@H](C)C(N)=O.CCCCCCNC(=O)Sc1ccccc1C(=O)NCCC(N)=O.CCCCCCNC(=O)Sc1ccccc1C(=O)N[C@H](C)C(N)=O.CCCCCNC(=O)Sc1ccccc1C(=O)NCCC(N)=O.CCCCCNC(=O)Sc1ccccc1C(=O)N[C@H](C)C(N)=O. The van der Waals surface area contributed by atoms with E-state index in [1.54, 1.807) is 121 Å². The average molecular weight is 1760 g/mol. The van der Waals surface area contributed by atoms with E-state index in [0.717, 1.165) is 162 Å². The van der Waals surface area contributed by atoms with Crippen molar-refractivity contribution >= 4 is 144 Å². The molecule has 0 radical (unpaired) electrons. The molecule has 0 aliphatic carbocycles. The molecule has 0 fully saturated rings. The van der Waals surface area contributed by atoms with E-state index < -0.39 is 65.4 Å². The lowest BCUT2D eigenvalue weighted by atomic mass is 10.1. The van der Waals surface area contributed by atoms with Gasteiger partial charge < -0.3 is 81.8 Å². The van der Waals surface area contributed by atoms with Crippen molar-refractivity contribution in [3.8, 4) is 0 Å². The highest BCUT2D eigenvalue weighted by Gasteiger charge is 2.23. The van der Waals surface area contributed by atoms with Gasteiger partial charge in [-0.2, -0.15) is 0 Å². The summed E-state index contributed by atoms with van der Waals surface area (Å²) >= 11 is 4.91. The van der Waals surface area contributed by atoms with Gasteiger partial charge in [0.2, 0.25) is 29.5 Å². The van der Waals surface area contributed by atoms with Crippen LogP contribution < -0.4 is 81.8 Å². The first-order chi connectivity index (χ1) is 57.4. The van der Waals surface area contributed by atoms with Crippen molar-refractivity contribution < 1.29 is 71.9 Å². The van der Waals surface area contributed by atoms with Crippen molar-refractivity contribution in [3.05, 3.63) is 149 Å². The summed E-state index contributed by atoms with van der Waals surface area (Å²) in [4.78, 5) is 178. The molecule has 5 aromatic carbocycles. The molecule has 5 aromatic rings. The van der Waals surface area contributed by atoms with Crippen LogP contribution in [0.5, 0.6) is 0 Å². The van der Waals surface area contributed by atoms with Gasteiger partial charge in [0.1, 0.15) is 18.1 Å². The Hall–Kier alpha value is -10.1. The fourth-order valence-corrected chi connectivity index (χ4v) is 13.9. The van der Waals surface area contributed by atoms with Gasteiger partial charge in [-0.1, -0.05) is 192 Å². The van der Waals surface area contributed by atoms with E-state index in [4.69, 9.17) is 28.7 Å². The van der Waals surface area contributed by atoms with Crippen LogP contribution in [0.2, 0.25) is 0 Å². The zero-order chi connectivity index (χ0) is 89.4. The van der Waals surface area contributed by atoms with Crippen LogP contribution in [-0.4, -0.2) is 149 Å². The second-order valence-electron chi connectivity index (χ2n) is 27.1. The first-order valence-electron chi connectivity index (χ1n) is 40.6. The van der Waals surface area contributed by atoms with Crippen molar-refractivity contribution in [1.82, 2.24) is 53.2 Å². The van der Waals surface area contributed by atoms with Crippen LogP contribution in [0, 0.1) is 0 Å². The summed E-state index contributed by atoms with van der Waals surface area (Å²) in [6.07, 6.45) is 22.0. The Morgan fingerprint density at radius 1 is 0.250 bits per heavy atom. The van der Waals surface area contributed by atoms with Gasteiger partial charge in [-0.15, -0.1) is 0 Å². The van der Waals surface area contributed by atoms with Crippen LogP contribution in [0.15, 0.2) is 146 Å². The third-order valence-electron chi connectivity index (χ3n) is 16.8. The first-order valence-corrected chi connectivity index (χ1v) is 44.7. The number of carbonyl (C=O) groups is 15. The van der Waals surface area contributed by atoms with Crippen molar-refractivity contribution in [3.63, 3.8) is 0 Å². The summed E-state index contributed by atoms with van der Waals surface area (Å²) in [7, 11) is 0. The number of benzene rings is 5. The maximum atomic E-state index is 12.3. The smallest absolute Gasteiger partial charge is 0.283 e. The predicted octanol–water partition coefficient (Wildman–Crippen LogP) is 13.4. The van der Waals surface area contributed by atoms with Crippen molar-refractivity contribution in [2.75, 3.05) is 45.8 Å². The van der Waals surface area contributed by atoms with Gasteiger partial charge in [0.05, 0.1) is 27.8 Å². The van der Waals surface area contributed by atoms with E-state index >= 15 is 0 Å². The molecule has 3 atom stereocenters. The zero-order valence-electron chi connectivity index (χ0n) is 70.3. The standard InChI is InChI=1S/C19H29N3O3S.2C17H25N3O3S.2C16H23N3O3S/c1-3-4-5-6-7-10-13-21-19(25)26-16-12-9-8-11-15(16)18(24)22-14(2)17(20)23;1-3-4-5-8-11-19-17(23)24-14-10-7-6-9-13(14)16(22)20-12(2)15(18)21;1-2-3-4-7-11-20-17(23)24-14-9-6-5-8-13(14)16(22)19-12-10-15(18)21;1-3-4-7-10-18-16(22)23-13-9-6-5-8-12(13)15(21)19-11(2)14(17)20;1-2-3-6-10-19-16(22)23-13-8-5-4-7-12(13)15(21)18-11-9-14(17)20/h8-9,11-12,14H,3-7,10,13H2,1-2H3,(H2,20,23)(H,21,25)(H,22,24);6-7,9-10,12H,3-5,8,11H2,1-2H3,(H2,18,21)(H,19,23)(H,20,22);5-6,8-9H,2-4,7,10-12H2,1H3,(H2,18,21)(H,19,22)(H,20,23);5-6,8-9,11H,3-4,7,10H2,1-2H3,(H2,17,20)(H,18,22)(H,19,21);4-5,7-8H,2-3,6,9-11H2,1H3,(H2,17,20)(H,18,21)(H,19,22)/t14-;12-;;11-;/m11.1./s1. The molecule has 35 heteroatoms. The molecule has 15 amide bonds. The number of amides is 15. The van der Waals surface area contributed by atoms with Gasteiger partial charge in [-0.3, -0.25) is 71.9 Å². The summed E-state index contributed by atoms with van der Waals surface area (Å²) in [6, 6.07) is 31.7. The largest absolute Gasteiger partial charge is 0.370 e. The monoisotopic (exact) mass is 1760 g/mol. The number of primary amides is 5. The van der Waals surface area contributed by atoms with E-state index in [1.807, 2.05) is 0 Å².